The Morgan fingerprint density at radius 2 is 1.30 bits per heavy atom. The van der Waals surface area contributed by atoms with Crippen LogP contribution in [0.4, 0.5) is 10.5 Å². The highest BCUT2D eigenvalue weighted by Crippen LogP contribution is 2.31. The molecule has 188 valence electrons. The van der Waals surface area contributed by atoms with E-state index >= 15 is 0 Å². The molecular formula is C31H30N2O3S. The number of carbonyl (C=O) groups excluding carboxylic acids is 1. The lowest BCUT2D eigenvalue weighted by Gasteiger charge is -2.24. The molecule has 0 heterocycles. The minimum atomic E-state index is -0.850. The Labute approximate surface area is 222 Å². The van der Waals surface area contributed by atoms with Gasteiger partial charge in [0.25, 0.3) is 0 Å². The molecule has 4 aromatic rings. The molecule has 0 radical (unpaired) electrons. The fourth-order valence-corrected chi connectivity index (χ4v) is 4.99. The molecule has 4 rings (SSSR count). The molecule has 0 saturated carbocycles. The van der Waals surface area contributed by atoms with Crippen LogP contribution in [0, 0.1) is 0 Å². The Bertz CT molecular complexity index is 1310. The van der Waals surface area contributed by atoms with Gasteiger partial charge < -0.3 is 10.4 Å². The summed E-state index contributed by atoms with van der Waals surface area (Å²) in [5, 5.41) is 12.2. The number of benzene rings is 4. The fraction of sp³-hybridized carbons (Fsp3) is 0.161. The van der Waals surface area contributed by atoms with Crippen LogP contribution < -0.4 is 10.2 Å². The first-order valence-corrected chi connectivity index (χ1v) is 13.1. The van der Waals surface area contributed by atoms with Crippen molar-refractivity contribution in [2.24, 2.45) is 0 Å². The van der Waals surface area contributed by atoms with Crippen LogP contribution in [0.1, 0.15) is 16.7 Å². The molecule has 0 spiro atoms. The molecule has 37 heavy (non-hydrogen) atoms. The summed E-state index contributed by atoms with van der Waals surface area (Å²) in [4.78, 5) is 28.1. The van der Waals surface area contributed by atoms with Crippen molar-refractivity contribution in [3.8, 4) is 0 Å². The lowest BCUT2D eigenvalue weighted by molar-refractivity contribution is -0.136. The van der Waals surface area contributed by atoms with Gasteiger partial charge in [0, 0.05) is 28.6 Å². The first-order chi connectivity index (χ1) is 18.1. The molecule has 0 bridgehead atoms. The second-order valence-corrected chi connectivity index (χ2v) is 9.82. The summed E-state index contributed by atoms with van der Waals surface area (Å²) < 4.78 is 0. The maximum atomic E-state index is 13.3. The van der Waals surface area contributed by atoms with Gasteiger partial charge in [0.2, 0.25) is 0 Å². The van der Waals surface area contributed by atoms with Crippen molar-refractivity contribution >= 4 is 29.4 Å². The van der Waals surface area contributed by atoms with Crippen molar-refractivity contribution in [1.29, 1.82) is 0 Å². The Balaban J connectivity index is 1.49. The third kappa shape index (κ3) is 8.26. The van der Waals surface area contributed by atoms with Gasteiger partial charge >= 0.3 is 12.0 Å². The monoisotopic (exact) mass is 510 g/mol. The lowest BCUT2D eigenvalue weighted by atomic mass is 10.1. The molecule has 4 aromatic carbocycles. The molecule has 2 N–H and O–H groups in total. The van der Waals surface area contributed by atoms with E-state index in [1.807, 2.05) is 84.9 Å². The van der Waals surface area contributed by atoms with E-state index in [2.05, 4.69) is 29.6 Å². The SMILES string of the molecule is O=C(O)Cc1cccc(Sc2cccc(N(CCc3ccccc3)C(=O)NCCc3ccccc3)c2)c1. The fourth-order valence-electron chi connectivity index (χ4n) is 4.03. The zero-order chi connectivity index (χ0) is 25.9. The summed E-state index contributed by atoms with van der Waals surface area (Å²) in [6, 6.07) is 35.6. The van der Waals surface area contributed by atoms with Gasteiger partial charge in [0.15, 0.2) is 0 Å². The van der Waals surface area contributed by atoms with Gasteiger partial charge in [-0.3, -0.25) is 9.69 Å². The molecular weight excluding hydrogens is 480 g/mol. The topological polar surface area (TPSA) is 69.6 Å². The normalized spacial score (nSPS) is 10.6. The molecule has 0 unspecified atom stereocenters. The number of carboxylic acid groups (broad SMARTS) is 1. The van der Waals surface area contributed by atoms with Crippen molar-refractivity contribution in [1.82, 2.24) is 5.32 Å². The van der Waals surface area contributed by atoms with Crippen LogP contribution in [0.25, 0.3) is 0 Å². The number of carboxylic acids is 1. The average molecular weight is 511 g/mol. The maximum absolute atomic E-state index is 13.3. The van der Waals surface area contributed by atoms with Gasteiger partial charge in [0.1, 0.15) is 0 Å². The number of hydrogen-bond acceptors (Lipinski definition) is 3. The van der Waals surface area contributed by atoms with E-state index in [0.29, 0.717) is 13.1 Å². The number of hydrogen-bond donors (Lipinski definition) is 2. The number of rotatable bonds is 11. The summed E-state index contributed by atoms with van der Waals surface area (Å²) in [5.74, 6) is -0.850. The Morgan fingerprint density at radius 1 is 0.703 bits per heavy atom. The van der Waals surface area contributed by atoms with Gasteiger partial charge in [0.05, 0.1) is 6.42 Å². The van der Waals surface area contributed by atoms with Crippen molar-refractivity contribution < 1.29 is 14.7 Å². The largest absolute Gasteiger partial charge is 0.481 e. The van der Waals surface area contributed by atoms with E-state index in [1.54, 1.807) is 16.7 Å². The highest BCUT2D eigenvalue weighted by molar-refractivity contribution is 7.99. The van der Waals surface area contributed by atoms with Gasteiger partial charge in [-0.15, -0.1) is 0 Å². The predicted molar refractivity (Wildman–Crippen MR) is 149 cm³/mol. The second-order valence-electron chi connectivity index (χ2n) is 8.67. The average Bonchev–Trinajstić information content (AvgIpc) is 2.90. The zero-order valence-electron chi connectivity index (χ0n) is 20.5. The van der Waals surface area contributed by atoms with E-state index < -0.39 is 5.97 Å². The van der Waals surface area contributed by atoms with E-state index in [9.17, 15) is 9.59 Å². The zero-order valence-corrected chi connectivity index (χ0v) is 21.4. The van der Waals surface area contributed by atoms with Crippen LogP contribution in [-0.4, -0.2) is 30.2 Å². The molecule has 0 aromatic heterocycles. The van der Waals surface area contributed by atoms with Crippen LogP contribution in [0.5, 0.6) is 0 Å². The smallest absolute Gasteiger partial charge is 0.321 e. The second kappa shape index (κ2) is 13.3. The molecule has 0 aliphatic heterocycles. The first-order valence-electron chi connectivity index (χ1n) is 12.3. The minimum absolute atomic E-state index is 0.00907. The minimum Gasteiger partial charge on any atom is -0.481 e. The van der Waals surface area contributed by atoms with Crippen LogP contribution >= 0.6 is 11.8 Å². The maximum Gasteiger partial charge on any atom is 0.321 e. The summed E-state index contributed by atoms with van der Waals surface area (Å²) in [5.41, 5.74) is 3.93. The van der Waals surface area contributed by atoms with E-state index in [-0.39, 0.29) is 12.5 Å². The predicted octanol–water partition coefficient (Wildman–Crippen LogP) is 6.47. The third-order valence-electron chi connectivity index (χ3n) is 5.86. The summed E-state index contributed by atoms with van der Waals surface area (Å²) >= 11 is 1.55. The number of nitrogens with zero attached hydrogens (tertiary/aromatic N) is 1. The number of urea groups is 1. The van der Waals surface area contributed by atoms with E-state index in [1.165, 1.54) is 11.1 Å². The molecule has 0 aliphatic rings. The van der Waals surface area contributed by atoms with Crippen molar-refractivity contribution in [2.45, 2.75) is 29.1 Å². The number of anilines is 1. The number of nitrogens with one attached hydrogen (secondary N) is 1. The number of carbonyl (C=O) groups is 2. The Morgan fingerprint density at radius 3 is 1.97 bits per heavy atom. The Hall–Kier alpha value is -4.03. The quantitative estimate of drug-likeness (QED) is 0.243. The van der Waals surface area contributed by atoms with Crippen LogP contribution in [-0.2, 0) is 24.1 Å². The van der Waals surface area contributed by atoms with Gasteiger partial charge in [-0.25, -0.2) is 4.79 Å². The highest BCUT2D eigenvalue weighted by atomic mass is 32.2. The molecule has 6 heteroatoms. The highest BCUT2D eigenvalue weighted by Gasteiger charge is 2.16. The van der Waals surface area contributed by atoms with E-state index in [0.717, 1.165) is 33.9 Å². The molecule has 5 nitrogen and oxygen atoms in total. The summed E-state index contributed by atoms with van der Waals surface area (Å²) in [6.45, 7) is 1.10. The van der Waals surface area contributed by atoms with Gasteiger partial charge in [-0.2, -0.15) is 0 Å². The number of aliphatic carboxylic acids is 1. The van der Waals surface area contributed by atoms with Crippen molar-refractivity contribution in [2.75, 3.05) is 18.0 Å². The standard InChI is InChI=1S/C31H30N2O3S/c34-30(35)22-26-13-7-15-28(21-26)37-29-16-8-14-27(23-29)33(20-18-25-11-5-2-6-12-25)31(36)32-19-17-24-9-3-1-4-10-24/h1-16,21,23H,17-20,22H2,(H,32,36)(H,34,35). The molecule has 0 atom stereocenters. The molecule has 0 aliphatic carbocycles. The van der Waals surface area contributed by atoms with Crippen molar-refractivity contribution in [3.05, 3.63) is 126 Å². The third-order valence-corrected chi connectivity index (χ3v) is 6.84. The Kier molecular flexibility index (Phi) is 9.38. The van der Waals surface area contributed by atoms with Gasteiger partial charge in [-0.1, -0.05) is 90.6 Å². The van der Waals surface area contributed by atoms with Gasteiger partial charge in [-0.05, 0) is 59.9 Å². The van der Waals surface area contributed by atoms with Crippen molar-refractivity contribution in [3.63, 3.8) is 0 Å². The molecule has 0 fully saturated rings. The lowest BCUT2D eigenvalue weighted by Crippen LogP contribution is -2.42. The number of amides is 2. The van der Waals surface area contributed by atoms with E-state index in [4.69, 9.17) is 5.11 Å². The summed E-state index contributed by atoms with van der Waals surface area (Å²) in [7, 11) is 0. The molecule has 2 amide bonds. The van der Waals surface area contributed by atoms with Crippen LogP contribution in [0.2, 0.25) is 0 Å². The first kappa shape index (κ1) is 26.0. The van der Waals surface area contributed by atoms with Crippen LogP contribution in [0.15, 0.2) is 119 Å². The molecule has 0 saturated heterocycles. The van der Waals surface area contributed by atoms with Crippen LogP contribution in [0.3, 0.4) is 0 Å². The summed E-state index contributed by atoms with van der Waals surface area (Å²) in [6.07, 6.45) is 1.49.